The maximum atomic E-state index is 4.53. The largest absolute Gasteiger partial charge is 0.356 e. The molecule has 1 aliphatic carbocycles. The first-order chi connectivity index (χ1) is 8.36. The third-order valence-electron chi connectivity index (χ3n) is 4.24. The zero-order valence-corrected chi connectivity index (χ0v) is 10.5. The van der Waals surface area contributed by atoms with Gasteiger partial charge in [0, 0.05) is 25.8 Å². The molecule has 1 aromatic heterocycles. The fourth-order valence-electron chi connectivity index (χ4n) is 3.37. The van der Waals surface area contributed by atoms with Crippen molar-refractivity contribution >= 4 is 5.82 Å². The van der Waals surface area contributed by atoms with Gasteiger partial charge in [-0.1, -0.05) is 6.42 Å². The topological polar surface area (TPSA) is 28.2 Å². The zero-order chi connectivity index (χ0) is 11.7. The lowest BCUT2D eigenvalue weighted by molar-refractivity contribution is 0.494. The quantitative estimate of drug-likeness (QED) is 0.863. The normalized spacial score (nSPS) is 27.5. The Balaban J connectivity index is 1.74. The van der Waals surface area contributed by atoms with E-state index < -0.39 is 0 Å². The van der Waals surface area contributed by atoms with Gasteiger partial charge in [0.15, 0.2) is 0 Å². The van der Waals surface area contributed by atoms with Gasteiger partial charge >= 0.3 is 0 Å². The molecule has 1 aromatic rings. The van der Waals surface area contributed by atoms with E-state index in [4.69, 9.17) is 0 Å². The van der Waals surface area contributed by atoms with Crippen molar-refractivity contribution in [1.82, 2.24) is 10.3 Å². The SMILES string of the molecule is CNCc1ccnc(N2CC3CCCC3C2)c1. The highest BCUT2D eigenvalue weighted by Gasteiger charge is 2.36. The number of hydrogen-bond acceptors (Lipinski definition) is 3. The summed E-state index contributed by atoms with van der Waals surface area (Å²) in [5.41, 5.74) is 1.33. The van der Waals surface area contributed by atoms with Crippen LogP contribution in [0, 0.1) is 11.8 Å². The molecule has 2 atom stereocenters. The summed E-state index contributed by atoms with van der Waals surface area (Å²) in [5.74, 6) is 3.04. The van der Waals surface area contributed by atoms with Gasteiger partial charge in [-0.3, -0.25) is 0 Å². The van der Waals surface area contributed by atoms with E-state index in [1.165, 1.54) is 43.7 Å². The Morgan fingerprint density at radius 1 is 1.35 bits per heavy atom. The third-order valence-corrected chi connectivity index (χ3v) is 4.24. The van der Waals surface area contributed by atoms with Crippen LogP contribution in [0.4, 0.5) is 5.82 Å². The Bertz CT molecular complexity index is 379. The molecule has 1 saturated heterocycles. The number of nitrogens with one attached hydrogen (secondary N) is 1. The molecular formula is C14H21N3. The highest BCUT2D eigenvalue weighted by Crippen LogP contribution is 2.39. The van der Waals surface area contributed by atoms with E-state index in [9.17, 15) is 0 Å². The fourth-order valence-corrected chi connectivity index (χ4v) is 3.37. The van der Waals surface area contributed by atoms with Crippen LogP contribution in [-0.4, -0.2) is 25.1 Å². The van der Waals surface area contributed by atoms with E-state index in [1.807, 2.05) is 13.2 Å². The van der Waals surface area contributed by atoms with E-state index in [-0.39, 0.29) is 0 Å². The molecule has 0 radical (unpaired) electrons. The van der Waals surface area contributed by atoms with Gasteiger partial charge in [-0.25, -0.2) is 4.98 Å². The molecule has 92 valence electrons. The molecule has 0 spiro atoms. The number of anilines is 1. The number of pyridine rings is 1. The Hall–Kier alpha value is -1.09. The number of aromatic nitrogens is 1. The molecule has 1 saturated carbocycles. The Labute approximate surface area is 103 Å². The molecule has 1 aliphatic heterocycles. The van der Waals surface area contributed by atoms with Crippen LogP contribution >= 0.6 is 0 Å². The van der Waals surface area contributed by atoms with E-state index in [0.29, 0.717) is 0 Å². The fraction of sp³-hybridized carbons (Fsp3) is 0.643. The van der Waals surface area contributed by atoms with Crippen molar-refractivity contribution in [1.29, 1.82) is 0 Å². The van der Waals surface area contributed by atoms with Gasteiger partial charge in [-0.05, 0) is 49.4 Å². The van der Waals surface area contributed by atoms with Gasteiger partial charge in [0.1, 0.15) is 5.82 Å². The van der Waals surface area contributed by atoms with Crippen molar-refractivity contribution in [3.05, 3.63) is 23.9 Å². The van der Waals surface area contributed by atoms with Crippen LogP contribution in [-0.2, 0) is 6.54 Å². The minimum absolute atomic E-state index is 0.927. The van der Waals surface area contributed by atoms with Gasteiger partial charge in [-0.15, -0.1) is 0 Å². The summed E-state index contributed by atoms with van der Waals surface area (Å²) in [6.45, 7) is 3.37. The van der Waals surface area contributed by atoms with Crippen molar-refractivity contribution in [2.24, 2.45) is 11.8 Å². The summed E-state index contributed by atoms with van der Waals surface area (Å²) in [7, 11) is 1.99. The summed E-state index contributed by atoms with van der Waals surface area (Å²) < 4.78 is 0. The molecule has 17 heavy (non-hydrogen) atoms. The predicted molar refractivity (Wildman–Crippen MR) is 70.0 cm³/mol. The van der Waals surface area contributed by atoms with Gasteiger partial charge in [0.25, 0.3) is 0 Å². The van der Waals surface area contributed by atoms with E-state index >= 15 is 0 Å². The van der Waals surface area contributed by atoms with Crippen LogP contribution < -0.4 is 10.2 Å². The number of fused-ring (bicyclic) bond motifs is 1. The Morgan fingerprint density at radius 3 is 2.82 bits per heavy atom. The Kier molecular flexibility index (Phi) is 3.02. The van der Waals surface area contributed by atoms with Crippen molar-refractivity contribution in [2.75, 3.05) is 25.0 Å². The van der Waals surface area contributed by atoms with Gasteiger partial charge in [0.05, 0.1) is 0 Å². The van der Waals surface area contributed by atoms with E-state index in [1.54, 1.807) is 0 Å². The lowest BCUT2D eigenvalue weighted by Crippen LogP contribution is -2.22. The smallest absolute Gasteiger partial charge is 0.128 e. The van der Waals surface area contributed by atoms with Crippen LogP contribution in [0.3, 0.4) is 0 Å². The monoisotopic (exact) mass is 231 g/mol. The van der Waals surface area contributed by atoms with Gasteiger partial charge < -0.3 is 10.2 Å². The molecule has 0 amide bonds. The molecule has 3 nitrogen and oxygen atoms in total. The molecule has 0 bridgehead atoms. The molecule has 3 rings (SSSR count). The minimum Gasteiger partial charge on any atom is -0.356 e. The first-order valence-electron chi connectivity index (χ1n) is 6.71. The van der Waals surface area contributed by atoms with Crippen molar-refractivity contribution in [3.63, 3.8) is 0 Å². The van der Waals surface area contributed by atoms with Crippen LogP contribution in [0.5, 0.6) is 0 Å². The molecule has 0 aromatic carbocycles. The van der Waals surface area contributed by atoms with Crippen LogP contribution in [0.15, 0.2) is 18.3 Å². The first-order valence-corrected chi connectivity index (χ1v) is 6.71. The molecule has 2 heterocycles. The highest BCUT2D eigenvalue weighted by molar-refractivity contribution is 5.42. The molecular weight excluding hydrogens is 210 g/mol. The third kappa shape index (κ3) is 2.16. The summed E-state index contributed by atoms with van der Waals surface area (Å²) in [5, 5.41) is 3.20. The van der Waals surface area contributed by atoms with Crippen molar-refractivity contribution < 1.29 is 0 Å². The lowest BCUT2D eigenvalue weighted by Gasteiger charge is -2.18. The average Bonchev–Trinajstić information content (AvgIpc) is 2.89. The van der Waals surface area contributed by atoms with E-state index in [0.717, 1.165) is 18.4 Å². The van der Waals surface area contributed by atoms with Crippen LogP contribution in [0.25, 0.3) is 0 Å². The van der Waals surface area contributed by atoms with E-state index in [2.05, 4.69) is 27.3 Å². The molecule has 2 fully saturated rings. The number of hydrogen-bond donors (Lipinski definition) is 1. The van der Waals surface area contributed by atoms with Crippen molar-refractivity contribution in [3.8, 4) is 0 Å². The number of rotatable bonds is 3. The number of nitrogens with zero attached hydrogens (tertiary/aromatic N) is 2. The van der Waals surface area contributed by atoms with Gasteiger partial charge in [0.2, 0.25) is 0 Å². The molecule has 1 N–H and O–H groups in total. The Morgan fingerprint density at radius 2 is 2.12 bits per heavy atom. The summed E-state index contributed by atoms with van der Waals surface area (Å²) in [6.07, 6.45) is 6.24. The average molecular weight is 231 g/mol. The zero-order valence-electron chi connectivity index (χ0n) is 10.5. The second kappa shape index (κ2) is 4.65. The van der Waals surface area contributed by atoms with Gasteiger partial charge in [-0.2, -0.15) is 0 Å². The highest BCUT2D eigenvalue weighted by atomic mass is 15.2. The lowest BCUT2D eigenvalue weighted by atomic mass is 10.0. The minimum atomic E-state index is 0.927. The van der Waals surface area contributed by atoms with Crippen molar-refractivity contribution in [2.45, 2.75) is 25.8 Å². The second-order valence-corrected chi connectivity index (χ2v) is 5.41. The summed E-state index contributed by atoms with van der Waals surface area (Å²) >= 11 is 0. The molecule has 2 unspecified atom stereocenters. The first kappa shape index (κ1) is 11.0. The standard InChI is InChI=1S/C14H21N3/c1-15-8-11-5-6-16-14(7-11)17-9-12-3-2-4-13(12)10-17/h5-7,12-13,15H,2-4,8-10H2,1H3. The van der Waals surface area contributed by atoms with Crippen LogP contribution in [0.2, 0.25) is 0 Å². The maximum absolute atomic E-state index is 4.53. The summed E-state index contributed by atoms with van der Waals surface area (Å²) in [6, 6.07) is 4.33. The molecule has 3 heteroatoms. The summed E-state index contributed by atoms with van der Waals surface area (Å²) in [4.78, 5) is 7.01. The predicted octanol–water partition coefficient (Wildman–Crippen LogP) is 2.04. The van der Waals surface area contributed by atoms with Crippen LogP contribution in [0.1, 0.15) is 24.8 Å². The maximum Gasteiger partial charge on any atom is 0.128 e. The second-order valence-electron chi connectivity index (χ2n) is 5.41. The molecule has 2 aliphatic rings.